The molecule has 0 radical (unpaired) electrons. The third kappa shape index (κ3) is 3.35. The number of nitrogens with one attached hydrogen (secondary N) is 1. The molecule has 1 atom stereocenters. The number of imidazole rings is 1. The first-order valence-electron chi connectivity index (χ1n) is 7.80. The number of hydrogen-bond acceptors (Lipinski definition) is 3. The second-order valence-corrected chi connectivity index (χ2v) is 5.69. The predicted octanol–water partition coefficient (Wildman–Crippen LogP) is 3.34. The van der Waals surface area contributed by atoms with Crippen LogP contribution in [-0.2, 0) is 7.05 Å². The minimum Gasteiger partial charge on any atom is -0.318 e. The van der Waals surface area contributed by atoms with E-state index in [-0.39, 0.29) is 6.04 Å². The van der Waals surface area contributed by atoms with Crippen molar-refractivity contribution >= 4 is 11.6 Å². The van der Waals surface area contributed by atoms with E-state index in [1.165, 1.54) is 0 Å². The Morgan fingerprint density at radius 2 is 1.86 bits per heavy atom. The molecule has 0 spiro atoms. The minimum absolute atomic E-state index is 0.177. The molecule has 2 rings (SSSR count). The molecule has 0 fully saturated rings. The number of nitrogens with zero attached hydrogens (tertiary/aromatic N) is 3. The van der Waals surface area contributed by atoms with Crippen molar-refractivity contribution in [2.24, 2.45) is 7.05 Å². The average Bonchev–Trinajstić information content (AvgIpc) is 2.84. The maximum atomic E-state index is 6.60. The summed E-state index contributed by atoms with van der Waals surface area (Å²) < 4.78 is 1.97. The quantitative estimate of drug-likeness (QED) is 0.849. The molecule has 0 saturated carbocycles. The van der Waals surface area contributed by atoms with E-state index in [9.17, 15) is 0 Å². The van der Waals surface area contributed by atoms with Crippen LogP contribution in [0.2, 0.25) is 5.15 Å². The van der Waals surface area contributed by atoms with Gasteiger partial charge in [-0.2, -0.15) is 0 Å². The van der Waals surface area contributed by atoms with Crippen LogP contribution in [0.3, 0.4) is 0 Å². The molecule has 5 heteroatoms. The van der Waals surface area contributed by atoms with Crippen molar-refractivity contribution in [3.05, 3.63) is 41.2 Å². The lowest BCUT2D eigenvalue weighted by Crippen LogP contribution is -2.35. The number of hydrogen-bond donors (Lipinski definition) is 1. The van der Waals surface area contributed by atoms with Crippen molar-refractivity contribution in [3.8, 4) is 11.4 Å². The normalized spacial score (nSPS) is 12.8. The first kappa shape index (κ1) is 17.0. The lowest BCUT2D eigenvalue weighted by Gasteiger charge is -2.28. The summed E-state index contributed by atoms with van der Waals surface area (Å²) in [5.74, 6) is 0.911. The SMILES string of the molecule is CCN(CC)C(CNC)c1nc(-c2ccccc2)n(C)c1Cl. The zero-order valence-corrected chi connectivity index (χ0v) is 14.6. The first-order valence-corrected chi connectivity index (χ1v) is 8.17. The molecule has 0 aliphatic carbocycles. The van der Waals surface area contributed by atoms with Gasteiger partial charge in [0, 0.05) is 19.2 Å². The second-order valence-electron chi connectivity index (χ2n) is 5.33. The topological polar surface area (TPSA) is 33.1 Å². The summed E-state index contributed by atoms with van der Waals surface area (Å²) in [7, 11) is 3.94. The van der Waals surface area contributed by atoms with Crippen LogP contribution in [0.15, 0.2) is 30.3 Å². The van der Waals surface area contributed by atoms with Crippen LogP contribution in [0.25, 0.3) is 11.4 Å². The summed E-state index contributed by atoms with van der Waals surface area (Å²) in [4.78, 5) is 7.24. The highest BCUT2D eigenvalue weighted by atomic mass is 35.5. The number of rotatable bonds is 7. The molecule has 2 aromatic rings. The Bertz CT molecular complexity index is 590. The molecule has 1 aromatic carbocycles. The molecule has 1 heterocycles. The molecular formula is C17H25ClN4. The van der Waals surface area contributed by atoms with Crippen LogP contribution in [0.4, 0.5) is 0 Å². The zero-order chi connectivity index (χ0) is 16.1. The molecular weight excluding hydrogens is 296 g/mol. The van der Waals surface area contributed by atoms with Crippen molar-refractivity contribution in [1.29, 1.82) is 0 Å². The van der Waals surface area contributed by atoms with Crippen molar-refractivity contribution < 1.29 is 0 Å². The molecule has 0 saturated heterocycles. The van der Waals surface area contributed by atoms with E-state index in [0.29, 0.717) is 5.15 Å². The second kappa shape index (κ2) is 7.77. The monoisotopic (exact) mass is 320 g/mol. The third-order valence-corrected chi connectivity index (χ3v) is 4.50. The van der Waals surface area contributed by atoms with Gasteiger partial charge in [0.2, 0.25) is 0 Å². The van der Waals surface area contributed by atoms with Gasteiger partial charge in [-0.1, -0.05) is 55.8 Å². The van der Waals surface area contributed by atoms with Gasteiger partial charge >= 0.3 is 0 Å². The van der Waals surface area contributed by atoms with Gasteiger partial charge in [0.15, 0.2) is 0 Å². The summed E-state index contributed by atoms with van der Waals surface area (Å²) in [5, 5.41) is 3.98. The van der Waals surface area contributed by atoms with E-state index in [4.69, 9.17) is 16.6 Å². The predicted molar refractivity (Wildman–Crippen MR) is 93.2 cm³/mol. The van der Waals surface area contributed by atoms with Gasteiger partial charge in [-0.15, -0.1) is 0 Å². The van der Waals surface area contributed by atoms with E-state index in [0.717, 1.165) is 36.7 Å². The Morgan fingerprint density at radius 1 is 1.23 bits per heavy atom. The molecule has 1 unspecified atom stereocenters. The fraction of sp³-hybridized carbons (Fsp3) is 0.471. The minimum atomic E-state index is 0.177. The largest absolute Gasteiger partial charge is 0.318 e. The van der Waals surface area contributed by atoms with Crippen LogP contribution in [0, 0.1) is 0 Å². The van der Waals surface area contributed by atoms with Crippen molar-refractivity contribution in [3.63, 3.8) is 0 Å². The number of benzene rings is 1. The van der Waals surface area contributed by atoms with E-state index >= 15 is 0 Å². The van der Waals surface area contributed by atoms with Gasteiger partial charge in [-0.3, -0.25) is 4.90 Å². The van der Waals surface area contributed by atoms with E-state index in [1.807, 2.05) is 36.9 Å². The van der Waals surface area contributed by atoms with E-state index < -0.39 is 0 Å². The summed E-state index contributed by atoms with van der Waals surface area (Å²) >= 11 is 6.60. The molecule has 0 bridgehead atoms. The molecule has 1 N–H and O–H groups in total. The van der Waals surface area contributed by atoms with Crippen LogP contribution >= 0.6 is 11.6 Å². The lowest BCUT2D eigenvalue weighted by atomic mass is 10.2. The molecule has 1 aromatic heterocycles. The summed E-state index contributed by atoms with van der Waals surface area (Å²) in [6.07, 6.45) is 0. The molecule has 0 aliphatic heterocycles. The first-order chi connectivity index (χ1) is 10.6. The molecule has 0 amide bonds. The number of halogens is 1. The summed E-state index contributed by atoms with van der Waals surface area (Å²) in [5.41, 5.74) is 2.03. The van der Waals surface area contributed by atoms with Gasteiger partial charge < -0.3 is 9.88 Å². The maximum Gasteiger partial charge on any atom is 0.141 e. The van der Waals surface area contributed by atoms with Gasteiger partial charge in [-0.05, 0) is 20.1 Å². The van der Waals surface area contributed by atoms with E-state index in [2.05, 4.69) is 36.2 Å². The fourth-order valence-corrected chi connectivity index (χ4v) is 3.06. The Morgan fingerprint density at radius 3 is 2.41 bits per heavy atom. The molecule has 0 aliphatic rings. The number of likely N-dealkylation sites (N-methyl/N-ethyl adjacent to an activating group) is 2. The molecule has 4 nitrogen and oxygen atoms in total. The Balaban J connectivity index is 2.46. The average molecular weight is 321 g/mol. The van der Waals surface area contributed by atoms with Crippen LogP contribution < -0.4 is 5.32 Å². The fourth-order valence-electron chi connectivity index (χ4n) is 2.81. The van der Waals surface area contributed by atoms with Gasteiger partial charge in [0.1, 0.15) is 11.0 Å². The highest BCUT2D eigenvalue weighted by Crippen LogP contribution is 2.31. The third-order valence-electron chi connectivity index (χ3n) is 4.05. The van der Waals surface area contributed by atoms with Crippen molar-refractivity contribution in [2.45, 2.75) is 19.9 Å². The highest BCUT2D eigenvalue weighted by molar-refractivity contribution is 6.30. The lowest BCUT2D eigenvalue weighted by molar-refractivity contribution is 0.212. The van der Waals surface area contributed by atoms with E-state index in [1.54, 1.807) is 0 Å². The smallest absolute Gasteiger partial charge is 0.141 e. The Hall–Kier alpha value is -1.36. The van der Waals surface area contributed by atoms with Crippen LogP contribution in [-0.4, -0.2) is 41.1 Å². The molecule has 120 valence electrons. The van der Waals surface area contributed by atoms with Gasteiger partial charge in [-0.25, -0.2) is 4.98 Å². The molecule has 22 heavy (non-hydrogen) atoms. The standard InChI is InChI=1S/C17H25ClN4/c1-5-22(6-2)14(12-19-3)15-16(18)21(4)17(20-15)13-10-8-7-9-11-13/h7-11,14,19H,5-6,12H2,1-4H3. The number of aromatic nitrogens is 2. The summed E-state index contributed by atoms with van der Waals surface area (Å²) in [6, 6.07) is 10.4. The zero-order valence-electron chi connectivity index (χ0n) is 13.8. The van der Waals surface area contributed by atoms with Crippen molar-refractivity contribution in [1.82, 2.24) is 19.8 Å². The van der Waals surface area contributed by atoms with Crippen LogP contribution in [0.5, 0.6) is 0 Å². The van der Waals surface area contributed by atoms with Crippen LogP contribution in [0.1, 0.15) is 25.6 Å². The maximum absolute atomic E-state index is 6.60. The Kier molecular flexibility index (Phi) is 6.00. The van der Waals surface area contributed by atoms with Crippen molar-refractivity contribution in [2.75, 3.05) is 26.7 Å². The summed E-state index contributed by atoms with van der Waals surface area (Å²) in [6.45, 7) is 7.10. The highest BCUT2D eigenvalue weighted by Gasteiger charge is 2.25. The van der Waals surface area contributed by atoms with Gasteiger partial charge in [0.25, 0.3) is 0 Å². The van der Waals surface area contributed by atoms with Gasteiger partial charge in [0.05, 0.1) is 11.7 Å². The Labute approximate surface area is 138 Å².